The molecule has 0 spiro atoms. The van der Waals surface area contributed by atoms with Gasteiger partial charge in [-0.1, -0.05) is 159 Å². The van der Waals surface area contributed by atoms with Gasteiger partial charge in [-0.2, -0.15) is 0 Å². The van der Waals surface area contributed by atoms with E-state index in [1.165, 1.54) is 77.9 Å². The maximum Gasteiger partial charge on any atom is 0.120 e. The van der Waals surface area contributed by atoms with Crippen molar-refractivity contribution in [1.29, 1.82) is 0 Å². The third kappa shape index (κ3) is 7.20. The zero-order valence-corrected chi connectivity index (χ0v) is 41.1. The molecule has 0 saturated carbocycles. The van der Waals surface area contributed by atoms with E-state index in [-0.39, 0.29) is 32.5 Å². The summed E-state index contributed by atoms with van der Waals surface area (Å²) in [5, 5.41) is 0. The van der Waals surface area contributed by atoms with E-state index in [4.69, 9.17) is 9.47 Å². The van der Waals surface area contributed by atoms with Crippen LogP contribution in [0.2, 0.25) is 0 Å². The molecule has 0 saturated heterocycles. The topological polar surface area (TPSA) is 18.5 Å². The van der Waals surface area contributed by atoms with E-state index in [2.05, 4.69) is 208 Å². The normalized spacial score (nSPS) is 15.2. The number of ether oxygens (including phenoxy) is 2. The molecular formula is C60H70O2. The van der Waals surface area contributed by atoms with Crippen molar-refractivity contribution >= 4 is 0 Å². The Kier molecular flexibility index (Phi) is 9.99. The van der Waals surface area contributed by atoms with Gasteiger partial charge in [0.15, 0.2) is 0 Å². The lowest BCUT2D eigenvalue weighted by molar-refractivity contribution is 0.414. The zero-order chi connectivity index (χ0) is 45.3. The van der Waals surface area contributed by atoms with Gasteiger partial charge in [-0.05, 0) is 170 Å². The quantitative estimate of drug-likeness (QED) is 0.172. The molecule has 0 bridgehead atoms. The standard InChI is InChI=1S/C60H70O2/c1-55(2,3)39-19-21-45-49(31-39)59(13,14)51-33-41(57(7,8)9)29-47(53(45)51)37-23-35(25-43(27-37)61-17)36-24-38(28-44(26-36)62-18)48-30-42(58(10,11)12)34-52-54(48)46-22-20-40(56(4,5)6)32-50(46)60(52,15)16/h19-34H,1-18H3. The Morgan fingerprint density at radius 3 is 0.935 bits per heavy atom. The summed E-state index contributed by atoms with van der Waals surface area (Å²) in [5.74, 6) is 1.66. The number of hydrogen-bond acceptors (Lipinski definition) is 2. The molecule has 0 atom stereocenters. The van der Waals surface area contributed by atoms with Crippen LogP contribution < -0.4 is 9.47 Å². The average Bonchev–Trinajstić information content (AvgIpc) is 3.57. The Hall–Kier alpha value is -5.08. The lowest BCUT2D eigenvalue weighted by Crippen LogP contribution is -2.19. The first-order chi connectivity index (χ1) is 28.6. The van der Waals surface area contributed by atoms with Gasteiger partial charge in [-0.3, -0.25) is 0 Å². The summed E-state index contributed by atoms with van der Waals surface area (Å²) >= 11 is 0. The van der Waals surface area contributed by atoms with E-state index >= 15 is 0 Å². The van der Waals surface area contributed by atoms with Crippen molar-refractivity contribution in [2.45, 2.75) is 143 Å². The number of rotatable bonds is 5. The Labute approximate surface area is 374 Å². The van der Waals surface area contributed by atoms with Crippen LogP contribution in [-0.4, -0.2) is 14.2 Å². The molecule has 6 aromatic carbocycles. The molecule has 0 radical (unpaired) electrons. The van der Waals surface area contributed by atoms with E-state index < -0.39 is 0 Å². The van der Waals surface area contributed by atoms with Crippen molar-refractivity contribution in [3.8, 4) is 67.1 Å². The second-order valence-corrected chi connectivity index (χ2v) is 23.6. The van der Waals surface area contributed by atoms with Crippen molar-refractivity contribution in [3.05, 3.63) is 142 Å². The zero-order valence-electron chi connectivity index (χ0n) is 41.1. The molecule has 8 rings (SSSR count). The fourth-order valence-electron chi connectivity index (χ4n) is 10.0. The third-order valence-corrected chi connectivity index (χ3v) is 14.3. The SMILES string of the molecule is COc1cc(-c2cc(OC)cc(-c3cc(C(C)(C)C)cc4c3-c3ccc(C(C)(C)C)cc3C4(C)C)c2)cc(-c2cc(C(C)(C)C)cc3c2-c2ccc(C(C)(C)C)cc2C3(C)C)c1. The maximum atomic E-state index is 6.17. The largest absolute Gasteiger partial charge is 0.497 e. The average molecular weight is 823 g/mol. The van der Waals surface area contributed by atoms with Crippen LogP contribution in [0.5, 0.6) is 11.5 Å². The predicted molar refractivity (Wildman–Crippen MR) is 266 cm³/mol. The van der Waals surface area contributed by atoms with Crippen molar-refractivity contribution < 1.29 is 9.47 Å². The number of methoxy groups -OCH3 is 2. The van der Waals surface area contributed by atoms with E-state index in [1.54, 1.807) is 14.2 Å². The first-order valence-corrected chi connectivity index (χ1v) is 22.7. The minimum atomic E-state index is -0.158. The molecule has 2 aliphatic rings. The molecule has 0 amide bonds. The van der Waals surface area contributed by atoms with Gasteiger partial charge in [0.05, 0.1) is 14.2 Å². The van der Waals surface area contributed by atoms with Gasteiger partial charge in [0.25, 0.3) is 0 Å². The van der Waals surface area contributed by atoms with Crippen LogP contribution in [0, 0.1) is 0 Å². The van der Waals surface area contributed by atoms with Crippen LogP contribution in [0.25, 0.3) is 55.6 Å². The molecule has 2 aliphatic carbocycles. The van der Waals surface area contributed by atoms with Gasteiger partial charge in [0, 0.05) is 10.8 Å². The van der Waals surface area contributed by atoms with Gasteiger partial charge >= 0.3 is 0 Å². The van der Waals surface area contributed by atoms with E-state index in [9.17, 15) is 0 Å². The fraction of sp³-hybridized carbons (Fsp3) is 0.400. The summed E-state index contributed by atoms with van der Waals surface area (Å²) in [6.45, 7) is 37.5. The maximum absolute atomic E-state index is 6.17. The fourth-order valence-corrected chi connectivity index (χ4v) is 10.0. The second kappa shape index (κ2) is 14.2. The minimum absolute atomic E-state index is 0.0437. The molecule has 6 aromatic rings. The van der Waals surface area contributed by atoms with Gasteiger partial charge < -0.3 is 9.47 Å². The van der Waals surface area contributed by atoms with Crippen molar-refractivity contribution in [2.75, 3.05) is 14.2 Å². The third-order valence-electron chi connectivity index (χ3n) is 14.3. The predicted octanol–water partition coefficient (Wildman–Crippen LogP) is 16.5. The van der Waals surface area contributed by atoms with Crippen molar-refractivity contribution in [2.24, 2.45) is 0 Å². The van der Waals surface area contributed by atoms with Crippen LogP contribution in [0.3, 0.4) is 0 Å². The van der Waals surface area contributed by atoms with Crippen LogP contribution in [0.1, 0.15) is 155 Å². The Morgan fingerprint density at radius 2 is 0.629 bits per heavy atom. The highest BCUT2D eigenvalue weighted by Crippen LogP contribution is 2.57. The summed E-state index contributed by atoms with van der Waals surface area (Å²) in [5.41, 5.74) is 23.0. The molecule has 2 nitrogen and oxygen atoms in total. The van der Waals surface area contributed by atoms with Crippen LogP contribution in [0.15, 0.2) is 97.1 Å². The Bertz CT molecular complexity index is 2590. The molecule has 0 fully saturated rings. The summed E-state index contributed by atoms with van der Waals surface area (Å²) in [4.78, 5) is 0. The monoisotopic (exact) mass is 823 g/mol. The molecule has 0 heterocycles. The van der Waals surface area contributed by atoms with Crippen molar-refractivity contribution in [1.82, 2.24) is 0 Å². The Balaban J connectivity index is 1.37. The van der Waals surface area contributed by atoms with Gasteiger partial charge in [-0.25, -0.2) is 0 Å². The van der Waals surface area contributed by atoms with E-state index in [0.29, 0.717) is 0 Å². The van der Waals surface area contributed by atoms with Gasteiger partial charge in [0.1, 0.15) is 11.5 Å². The van der Waals surface area contributed by atoms with E-state index in [0.717, 1.165) is 33.8 Å². The van der Waals surface area contributed by atoms with Crippen LogP contribution in [0.4, 0.5) is 0 Å². The molecule has 62 heavy (non-hydrogen) atoms. The van der Waals surface area contributed by atoms with Crippen LogP contribution in [-0.2, 0) is 32.5 Å². The molecule has 0 aromatic heterocycles. The molecule has 0 unspecified atom stereocenters. The molecular weight excluding hydrogens is 753 g/mol. The number of hydrogen-bond donors (Lipinski definition) is 0. The lowest BCUT2D eigenvalue weighted by Gasteiger charge is -2.28. The van der Waals surface area contributed by atoms with Gasteiger partial charge in [0.2, 0.25) is 0 Å². The highest BCUT2D eigenvalue weighted by Gasteiger charge is 2.41. The molecule has 0 aliphatic heterocycles. The molecule has 322 valence electrons. The van der Waals surface area contributed by atoms with Crippen LogP contribution >= 0.6 is 0 Å². The summed E-state index contributed by atoms with van der Waals surface area (Å²) in [6.07, 6.45) is 0. The van der Waals surface area contributed by atoms with E-state index in [1.807, 2.05) is 0 Å². The second-order valence-electron chi connectivity index (χ2n) is 23.6. The summed E-state index contributed by atoms with van der Waals surface area (Å²) in [6, 6.07) is 37.8. The molecule has 0 N–H and O–H groups in total. The smallest absolute Gasteiger partial charge is 0.120 e. The number of fused-ring (bicyclic) bond motifs is 6. The Morgan fingerprint density at radius 1 is 0.323 bits per heavy atom. The van der Waals surface area contributed by atoms with Crippen molar-refractivity contribution in [3.63, 3.8) is 0 Å². The highest BCUT2D eigenvalue weighted by atomic mass is 16.5. The summed E-state index contributed by atoms with van der Waals surface area (Å²) in [7, 11) is 3.57. The first-order valence-electron chi connectivity index (χ1n) is 22.7. The minimum Gasteiger partial charge on any atom is -0.497 e. The van der Waals surface area contributed by atoms with Gasteiger partial charge in [-0.15, -0.1) is 0 Å². The number of benzene rings is 6. The summed E-state index contributed by atoms with van der Waals surface area (Å²) < 4.78 is 12.3. The first kappa shape index (κ1) is 43.6. The highest BCUT2D eigenvalue weighted by molar-refractivity contribution is 5.96. The molecule has 2 heteroatoms. The lowest BCUT2D eigenvalue weighted by atomic mass is 9.76.